The number of halogens is 1. The van der Waals surface area contributed by atoms with Gasteiger partial charge in [-0.05, 0) is 33.8 Å². The third-order valence-electron chi connectivity index (χ3n) is 2.20. The van der Waals surface area contributed by atoms with Crippen molar-refractivity contribution in [3.05, 3.63) is 20.8 Å². The highest BCUT2D eigenvalue weighted by atomic mass is 79.9. The molecule has 0 radical (unpaired) electrons. The molecule has 0 spiro atoms. The van der Waals surface area contributed by atoms with Crippen LogP contribution in [-0.4, -0.2) is 11.1 Å². The summed E-state index contributed by atoms with van der Waals surface area (Å²) in [7, 11) is 0. The van der Waals surface area contributed by atoms with E-state index in [-0.39, 0.29) is 11.8 Å². The van der Waals surface area contributed by atoms with E-state index < -0.39 is 5.97 Å². The van der Waals surface area contributed by atoms with Crippen LogP contribution in [0.5, 0.6) is 0 Å². The first-order valence-electron chi connectivity index (χ1n) is 4.38. The molecule has 0 aromatic carbocycles. The number of rotatable bonds is 4. The van der Waals surface area contributed by atoms with Gasteiger partial charge in [0, 0.05) is 21.2 Å². The van der Waals surface area contributed by atoms with Gasteiger partial charge in [-0.2, -0.15) is 0 Å². The van der Waals surface area contributed by atoms with Crippen LogP contribution in [0.2, 0.25) is 0 Å². The van der Waals surface area contributed by atoms with Gasteiger partial charge in [0.2, 0.25) is 0 Å². The van der Waals surface area contributed by atoms with E-state index in [1.54, 1.807) is 11.3 Å². The van der Waals surface area contributed by atoms with E-state index in [4.69, 9.17) is 5.11 Å². The molecule has 0 aliphatic carbocycles. The third-order valence-corrected chi connectivity index (χ3v) is 4.26. The van der Waals surface area contributed by atoms with E-state index in [1.165, 1.54) is 4.88 Å². The van der Waals surface area contributed by atoms with Crippen molar-refractivity contribution < 1.29 is 9.90 Å². The van der Waals surface area contributed by atoms with Crippen molar-refractivity contribution in [3.8, 4) is 0 Å². The zero-order chi connectivity index (χ0) is 10.8. The number of aliphatic carboxylic acids is 1. The Bertz CT molecular complexity index is 331. The lowest BCUT2D eigenvalue weighted by molar-refractivity contribution is -0.137. The number of carboxylic acid groups (broad SMARTS) is 1. The van der Waals surface area contributed by atoms with Gasteiger partial charge in [-0.15, -0.1) is 11.3 Å². The van der Waals surface area contributed by atoms with Gasteiger partial charge >= 0.3 is 5.97 Å². The quantitative estimate of drug-likeness (QED) is 0.912. The summed E-state index contributed by atoms with van der Waals surface area (Å²) in [4.78, 5) is 11.7. The molecule has 78 valence electrons. The van der Waals surface area contributed by atoms with Gasteiger partial charge in [-0.1, -0.05) is 13.8 Å². The molecule has 0 aliphatic heterocycles. The van der Waals surface area contributed by atoms with E-state index in [0.717, 1.165) is 4.47 Å². The molecule has 4 heteroatoms. The van der Waals surface area contributed by atoms with E-state index >= 15 is 0 Å². The van der Waals surface area contributed by atoms with Crippen LogP contribution in [0, 0.1) is 0 Å². The van der Waals surface area contributed by atoms with Crippen molar-refractivity contribution in [3.63, 3.8) is 0 Å². The summed E-state index contributed by atoms with van der Waals surface area (Å²) in [6.45, 7) is 4.16. The molecular formula is C10H13BrO2S. The van der Waals surface area contributed by atoms with Crippen molar-refractivity contribution >= 4 is 33.2 Å². The fourth-order valence-corrected chi connectivity index (χ4v) is 2.80. The first-order valence-corrected chi connectivity index (χ1v) is 6.05. The minimum absolute atomic E-state index is 0.0466. The van der Waals surface area contributed by atoms with Crippen LogP contribution in [0.3, 0.4) is 0 Å². The maximum atomic E-state index is 10.5. The zero-order valence-corrected chi connectivity index (χ0v) is 10.6. The fourth-order valence-electron chi connectivity index (χ4n) is 1.21. The molecule has 1 aromatic heterocycles. The molecule has 1 aromatic rings. The van der Waals surface area contributed by atoms with Crippen LogP contribution in [0.1, 0.15) is 31.6 Å². The van der Waals surface area contributed by atoms with Gasteiger partial charge in [-0.25, -0.2) is 0 Å². The van der Waals surface area contributed by atoms with Gasteiger partial charge in [0.1, 0.15) is 0 Å². The lowest BCUT2D eigenvalue weighted by Crippen LogP contribution is -2.17. The number of hydrogen-bond acceptors (Lipinski definition) is 2. The fraction of sp³-hybridized carbons (Fsp3) is 0.500. The molecule has 1 heterocycles. The minimum Gasteiger partial charge on any atom is -0.481 e. The number of carboxylic acids is 1. The molecule has 0 amide bonds. The second-order valence-corrected chi connectivity index (χ2v) is 5.73. The van der Waals surface area contributed by atoms with Crippen molar-refractivity contribution in [2.24, 2.45) is 0 Å². The zero-order valence-electron chi connectivity index (χ0n) is 8.21. The summed E-state index contributed by atoms with van der Waals surface area (Å²) in [6.07, 6.45) is 0.901. The molecule has 1 rings (SSSR count). The molecule has 0 unspecified atom stereocenters. The summed E-state index contributed by atoms with van der Waals surface area (Å²) in [5.74, 6) is -0.728. The first kappa shape index (κ1) is 11.7. The van der Waals surface area contributed by atoms with Crippen molar-refractivity contribution in [2.45, 2.75) is 32.1 Å². The van der Waals surface area contributed by atoms with Gasteiger partial charge in [0.25, 0.3) is 0 Å². The Morgan fingerprint density at radius 2 is 2.29 bits per heavy atom. The first-order chi connectivity index (χ1) is 6.42. The van der Waals surface area contributed by atoms with E-state index in [0.29, 0.717) is 6.42 Å². The normalized spacial score (nSPS) is 11.6. The van der Waals surface area contributed by atoms with Crippen LogP contribution < -0.4 is 0 Å². The summed E-state index contributed by atoms with van der Waals surface area (Å²) in [5, 5.41) is 10.6. The highest BCUT2D eigenvalue weighted by molar-refractivity contribution is 9.10. The van der Waals surface area contributed by atoms with Crippen molar-refractivity contribution in [2.75, 3.05) is 0 Å². The van der Waals surface area contributed by atoms with E-state index in [2.05, 4.69) is 35.8 Å². The van der Waals surface area contributed by atoms with Crippen LogP contribution in [0.15, 0.2) is 15.9 Å². The molecule has 2 nitrogen and oxygen atoms in total. The van der Waals surface area contributed by atoms with Gasteiger partial charge in [0.15, 0.2) is 0 Å². The van der Waals surface area contributed by atoms with Gasteiger partial charge in [0.05, 0.1) is 0 Å². The van der Waals surface area contributed by atoms with Crippen LogP contribution in [0.4, 0.5) is 0 Å². The molecular weight excluding hydrogens is 264 g/mol. The summed E-state index contributed by atoms with van der Waals surface area (Å²) >= 11 is 5.07. The molecule has 14 heavy (non-hydrogen) atoms. The van der Waals surface area contributed by atoms with Crippen LogP contribution in [-0.2, 0) is 10.2 Å². The third kappa shape index (κ3) is 3.10. The average Bonchev–Trinajstić information content (AvgIpc) is 2.49. The SMILES string of the molecule is CC(C)(CCC(=O)O)c1cc(Br)cs1. The van der Waals surface area contributed by atoms with Crippen molar-refractivity contribution in [1.29, 1.82) is 0 Å². The lowest BCUT2D eigenvalue weighted by atomic mass is 9.86. The molecule has 0 atom stereocenters. The van der Waals surface area contributed by atoms with Crippen LogP contribution in [0.25, 0.3) is 0 Å². The Morgan fingerprint density at radius 1 is 1.64 bits per heavy atom. The molecule has 1 N–H and O–H groups in total. The maximum Gasteiger partial charge on any atom is 0.303 e. The maximum absolute atomic E-state index is 10.5. The van der Waals surface area contributed by atoms with Crippen molar-refractivity contribution in [1.82, 2.24) is 0 Å². The highest BCUT2D eigenvalue weighted by Gasteiger charge is 2.23. The number of carbonyl (C=O) groups is 1. The Labute approximate surface area is 96.1 Å². The summed E-state index contributed by atoms with van der Waals surface area (Å²) in [5.41, 5.74) is -0.0466. The second-order valence-electron chi connectivity index (χ2n) is 3.91. The smallest absolute Gasteiger partial charge is 0.303 e. The Kier molecular flexibility index (Phi) is 3.72. The summed E-state index contributed by atoms with van der Waals surface area (Å²) < 4.78 is 1.07. The topological polar surface area (TPSA) is 37.3 Å². The monoisotopic (exact) mass is 276 g/mol. The largest absolute Gasteiger partial charge is 0.481 e. The predicted octanol–water partition coefficient (Wildman–Crippen LogP) is 3.65. The molecule has 0 fully saturated rings. The second kappa shape index (κ2) is 4.45. The Balaban J connectivity index is 2.69. The van der Waals surface area contributed by atoms with Gasteiger partial charge < -0.3 is 5.11 Å². The predicted molar refractivity (Wildman–Crippen MR) is 61.9 cm³/mol. The Hall–Kier alpha value is -0.350. The lowest BCUT2D eigenvalue weighted by Gasteiger charge is -2.21. The number of hydrogen-bond donors (Lipinski definition) is 1. The minimum atomic E-state index is -0.728. The van der Waals surface area contributed by atoms with Gasteiger partial charge in [-0.3, -0.25) is 4.79 Å². The van der Waals surface area contributed by atoms with E-state index in [9.17, 15) is 4.79 Å². The molecule has 0 saturated carbocycles. The summed E-state index contributed by atoms with van der Waals surface area (Å²) in [6, 6.07) is 2.06. The van der Waals surface area contributed by atoms with Crippen LogP contribution >= 0.6 is 27.3 Å². The molecule has 0 aliphatic rings. The highest BCUT2D eigenvalue weighted by Crippen LogP contribution is 2.34. The molecule has 0 saturated heterocycles. The van der Waals surface area contributed by atoms with E-state index in [1.807, 2.05) is 5.38 Å². The Morgan fingerprint density at radius 3 is 2.71 bits per heavy atom. The average molecular weight is 277 g/mol. The standard InChI is InChI=1S/C10H13BrO2S/c1-10(2,4-3-9(12)13)8-5-7(11)6-14-8/h5-6H,3-4H2,1-2H3,(H,12,13). The number of thiophene rings is 1. The molecule has 0 bridgehead atoms.